The minimum atomic E-state index is -0.464. The lowest BCUT2D eigenvalue weighted by Gasteiger charge is -2.09. The van der Waals surface area contributed by atoms with Gasteiger partial charge in [-0.1, -0.05) is 17.7 Å². The second-order valence-corrected chi connectivity index (χ2v) is 4.71. The average molecular weight is 270 g/mol. The predicted molar refractivity (Wildman–Crippen MR) is 77.0 cm³/mol. The van der Waals surface area contributed by atoms with Crippen LogP contribution in [0.3, 0.4) is 0 Å². The summed E-state index contributed by atoms with van der Waals surface area (Å²) in [5.74, 6) is -0.200. The maximum absolute atomic E-state index is 11.1. The Bertz CT molecular complexity index is 817. The summed E-state index contributed by atoms with van der Waals surface area (Å²) in [5.41, 5.74) is 3.93. The zero-order chi connectivity index (χ0) is 14.1. The van der Waals surface area contributed by atoms with E-state index in [0.29, 0.717) is 17.6 Å². The van der Waals surface area contributed by atoms with Gasteiger partial charge in [0.05, 0.1) is 5.52 Å². The van der Waals surface area contributed by atoms with Crippen LogP contribution in [0.25, 0.3) is 11.1 Å². The smallest absolute Gasteiger partial charge is 0.417 e. The molecule has 1 aromatic heterocycles. The molecule has 20 heavy (non-hydrogen) atoms. The summed E-state index contributed by atoms with van der Waals surface area (Å²) in [5, 5.41) is 13.0. The van der Waals surface area contributed by atoms with Crippen LogP contribution in [0.2, 0.25) is 0 Å². The number of hydrogen-bond acceptors (Lipinski definition) is 4. The van der Waals surface area contributed by atoms with Gasteiger partial charge in [0.25, 0.3) is 0 Å². The number of benzene rings is 2. The molecule has 5 nitrogen and oxygen atoms in total. The fourth-order valence-corrected chi connectivity index (χ4v) is 2.12. The molecule has 5 heteroatoms. The Morgan fingerprint density at radius 3 is 2.95 bits per heavy atom. The van der Waals surface area contributed by atoms with E-state index in [1.54, 1.807) is 18.2 Å². The van der Waals surface area contributed by atoms with Crippen molar-refractivity contribution in [1.29, 1.82) is 0 Å². The summed E-state index contributed by atoms with van der Waals surface area (Å²) in [6, 6.07) is 10.8. The van der Waals surface area contributed by atoms with E-state index in [-0.39, 0.29) is 5.75 Å². The second kappa shape index (κ2) is 4.77. The van der Waals surface area contributed by atoms with Crippen molar-refractivity contribution in [3.63, 3.8) is 0 Å². The highest BCUT2D eigenvalue weighted by Gasteiger charge is 2.04. The van der Waals surface area contributed by atoms with Crippen LogP contribution in [0.5, 0.6) is 5.75 Å². The Morgan fingerprint density at radius 2 is 2.10 bits per heavy atom. The average Bonchev–Trinajstić information content (AvgIpc) is 2.79. The van der Waals surface area contributed by atoms with Crippen LogP contribution in [0.4, 0.5) is 5.69 Å². The number of hydrogen-bond donors (Lipinski definition) is 3. The monoisotopic (exact) mass is 270 g/mol. The van der Waals surface area contributed by atoms with Crippen LogP contribution in [-0.4, -0.2) is 10.1 Å². The molecule has 0 saturated heterocycles. The molecule has 0 fully saturated rings. The molecule has 0 atom stereocenters. The topological polar surface area (TPSA) is 78.3 Å². The van der Waals surface area contributed by atoms with Gasteiger partial charge in [0.2, 0.25) is 0 Å². The first kappa shape index (κ1) is 12.3. The van der Waals surface area contributed by atoms with Crippen LogP contribution in [-0.2, 0) is 6.54 Å². The molecule has 0 aliphatic rings. The standard InChI is InChI=1S/C15H14N2O3/c1-9-2-4-13(18)10(6-9)8-16-11-3-5-14-12(7-11)17-15(19)20-14/h2-7,16,18H,8H2,1H3,(H,17,19). The fraction of sp³-hybridized carbons (Fsp3) is 0.133. The third-order valence-corrected chi connectivity index (χ3v) is 3.14. The quantitative estimate of drug-likeness (QED) is 0.683. The number of H-pyrrole nitrogens is 1. The molecule has 0 aliphatic carbocycles. The zero-order valence-corrected chi connectivity index (χ0v) is 10.9. The molecule has 3 aromatic rings. The van der Waals surface area contributed by atoms with E-state index in [2.05, 4.69) is 10.3 Å². The molecule has 0 unspecified atom stereocenters. The van der Waals surface area contributed by atoms with E-state index < -0.39 is 5.76 Å². The maximum Gasteiger partial charge on any atom is 0.417 e. The predicted octanol–water partition coefficient (Wildman–Crippen LogP) is 2.75. The first-order valence-corrected chi connectivity index (χ1v) is 6.27. The van der Waals surface area contributed by atoms with Crippen molar-refractivity contribution in [1.82, 2.24) is 4.98 Å². The largest absolute Gasteiger partial charge is 0.508 e. The van der Waals surface area contributed by atoms with E-state index in [4.69, 9.17) is 4.42 Å². The van der Waals surface area contributed by atoms with Crippen molar-refractivity contribution in [2.45, 2.75) is 13.5 Å². The Kier molecular flexibility index (Phi) is 2.95. The summed E-state index contributed by atoms with van der Waals surface area (Å²) in [6.07, 6.45) is 0. The Morgan fingerprint density at radius 1 is 1.25 bits per heavy atom. The molecule has 0 saturated carbocycles. The van der Waals surface area contributed by atoms with E-state index in [9.17, 15) is 9.90 Å². The minimum Gasteiger partial charge on any atom is -0.508 e. The van der Waals surface area contributed by atoms with Crippen molar-refractivity contribution in [2.75, 3.05) is 5.32 Å². The molecule has 102 valence electrons. The third kappa shape index (κ3) is 2.38. The summed E-state index contributed by atoms with van der Waals surface area (Å²) in [7, 11) is 0. The van der Waals surface area contributed by atoms with Crippen molar-refractivity contribution < 1.29 is 9.52 Å². The number of fused-ring (bicyclic) bond motifs is 1. The fourth-order valence-electron chi connectivity index (χ4n) is 2.12. The van der Waals surface area contributed by atoms with Gasteiger partial charge in [-0.05, 0) is 31.2 Å². The summed E-state index contributed by atoms with van der Waals surface area (Å²) >= 11 is 0. The lowest BCUT2D eigenvalue weighted by molar-refractivity contribution is 0.469. The van der Waals surface area contributed by atoms with E-state index in [1.807, 2.05) is 25.1 Å². The van der Waals surface area contributed by atoms with Crippen molar-refractivity contribution in [3.05, 3.63) is 58.1 Å². The normalized spacial score (nSPS) is 10.8. The first-order chi connectivity index (χ1) is 9.61. The van der Waals surface area contributed by atoms with Gasteiger partial charge in [0, 0.05) is 17.8 Å². The number of oxazole rings is 1. The second-order valence-electron chi connectivity index (χ2n) is 4.71. The molecule has 0 amide bonds. The van der Waals surface area contributed by atoms with Crippen LogP contribution in [0.15, 0.2) is 45.6 Å². The van der Waals surface area contributed by atoms with Crippen molar-refractivity contribution in [3.8, 4) is 5.75 Å². The lowest BCUT2D eigenvalue weighted by atomic mass is 10.1. The van der Waals surface area contributed by atoms with E-state index >= 15 is 0 Å². The Hall–Kier alpha value is -2.69. The van der Waals surface area contributed by atoms with Gasteiger partial charge in [0.15, 0.2) is 5.58 Å². The highest BCUT2D eigenvalue weighted by molar-refractivity contribution is 5.76. The molecule has 0 radical (unpaired) electrons. The summed E-state index contributed by atoms with van der Waals surface area (Å²) in [4.78, 5) is 13.7. The van der Waals surface area contributed by atoms with Crippen molar-refractivity contribution >= 4 is 16.8 Å². The minimum absolute atomic E-state index is 0.265. The molecule has 0 aliphatic heterocycles. The van der Waals surface area contributed by atoms with E-state index in [1.165, 1.54) is 0 Å². The van der Waals surface area contributed by atoms with Gasteiger partial charge in [0.1, 0.15) is 5.75 Å². The van der Waals surface area contributed by atoms with Crippen LogP contribution >= 0.6 is 0 Å². The lowest BCUT2D eigenvalue weighted by Crippen LogP contribution is -2.00. The Labute approximate surface area is 114 Å². The summed E-state index contributed by atoms with van der Waals surface area (Å²) < 4.78 is 4.94. The molecule has 0 spiro atoms. The maximum atomic E-state index is 11.1. The molecular weight excluding hydrogens is 256 g/mol. The van der Waals surface area contributed by atoms with Crippen LogP contribution < -0.4 is 11.1 Å². The number of anilines is 1. The van der Waals surface area contributed by atoms with Gasteiger partial charge in [-0.3, -0.25) is 4.98 Å². The highest BCUT2D eigenvalue weighted by Crippen LogP contribution is 2.21. The number of nitrogens with one attached hydrogen (secondary N) is 2. The van der Waals surface area contributed by atoms with Gasteiger partial charge >= 0.3 is 5.76 Å². The molecule has 1 heterocycles. The molecule has 2 aromatic carbocycles. The molecular formula is C15H14N2O3. The van der Waals surface area contributed by atoms with Crippen LogP contribution in [0.1, 0.15) is 11.1 Å². The summed E-state index contributed by atoms with van der Waals surface area (Å²) in [6.45, 7) is 2.48. The Balaban J connectivity index is 1.82. The number of aromatic amines is 1. The number of aromatic hydroxyl groups is 1. The van der Waals surface area contributed by atoms with E-state index in [0.717, 1.165) is 16.8 Å². The van der Waals surface area contributed by atoms with Gasteiger partial charge < -0.3 is 14.8 Å². The number of phenols is 1. The van der Waals surface area contributed by atoms with Gasteiger partial charge in [-0.25, -0.2) is 4.79 Å². The van der Waals surface area contributed by atoms with Gasteiger partial charge in [-0.15, -0.1) is 0 Å². The van der Waals surface area contributed by atoms with Crippen LogP contribution in [0, 0.1) is 6.92 Å². The molecule has 3 rings (SSSR count). The number of rotatable bonds is 3. The SMILES string of the molecule is Cc1ccc(O)c(CNc2ccc3oc(=O)[nH]c3c2)c1. The number of aromatic nitrogens is 1. The zero-order valence-electron chi connectivity index (χ0n) is 10.9. The molecule has 0 bridgehead atoms. The van der Waals surface area contributed by atoms with Crippen molar-refractivity contribution in [2.24, 2.45) is 0 Å². The number of aryl methyl sites for hydroxylation is 1. The first-order valence-electron chi connectivity index (χ1n) is 6.27. The third-order valence-electron chi connectivity index (χ3n) is 3.14. The van der Waals surface area contributed by atoms with Gasteiger partial charge in [-0.2, -0.15) is 0 Å². The highest BCUT2D eigenvalue weighted by atomic mass is 16.4. The number of phenolic OH excluding ortho intramolecular Hbond substituents is 1. The molecule has 3 N–H and O–H groups in total.